The Morgan fingerprint density at radius 3 is 2.86 bits per heavy atom. The number of hydrogen-bond acceptors (Lipinski definition) is 6. The number of aliphatic carboxylic acids is 1. The van der Waals surface area contributed by atoms with Gasteiger partial charge in [-0.05, 0) is 31.9 Å². The van der Waals surface area contributed by atoms with Gasteiger partial charge in [0, 0.05) is 29.9 Å². The van der Waals surface area contributed by atoms with Crippen molar-refractivity contribution in [3.05, 3.63) is 30.1 Å². The number of rotatable bonds is 4. The summed E-state index contributed by atoms with van der Waals surface area (Å²) in [6, 6.07) is 5.74. The second-order valence-corrected chi connectivity index (χ2v) is 8.47. The van der Waals surface area contributed by atoms with E-state index in [4.69, 9.17) is 0 Å². The third-order valence-electron chi connectivity index (χ3n) is 5.36. The summed E-state index contributed by atoms with van der Waals surface area (Å²) < 4.78 is 1.71. The van der Waals surface area contributed by atoms with Crippen LogP contribution in [0.5, 0.6) is 0 Å². The lowest BCUT2D eigenvalue weighted by atomic mass is 9.92. The van der Waals surface area contributed by atoms with E-state index in [-0.39, 0.29) is 5.41 Å². The molecule has 4 rings (SSSR count). The smallest absolute Gasteiger partial charge is 0.329 e. The van der Waals surface area contributed by atoms with Gasteiger partial charge in [-0.3, -0.25) is 5.10 Å². The second-order valence-electron chi connectivity index (χ2n) is 8.47. The van der Waals surface area contributed by atoms with Gasteiger partial charge >= 0.3 is 5.97 Å². The molecule has 9 nitrogen and oxygen atoms in total. The van der Waals surface area contributed by atoms with E-state index in [9.17, 15) is 9.90 Å². The zero-order valence-electron chi connectivity index (χ0n) is 16.5. The van der Waals surface area contributed by atoms with E-state index in [0.717, 1.165) is 17.6 Å². The molecular formula is C19H25N7O2. The van der Waals surface area contributed by atoms with E-state index in [1.807, 2.05) is 24.4 Å². The molecule has 0 unspecified atom stereocenters. The van der Waals surface area contributed by atoms with E-state index in [1.54, 1.807) is 16.3 Å². The van der Waals surface area contributed by atoms with Gasteiger partial charge in [0.25, 0.3) is 0 Å². The van der Waals surface area contributed by atoms with Gasteiger partial charge in [0.15, 0.2) is 11.6 Å². The van der Waals surface area contributed by atoms with Crippen molar-refractivity contribution in [1.82, 2.24) is 24.8 Å². The number of carbonyl (C=O) groups is 1. The minimum atomic E-state index is -1.01. The molecule has 148 valence electrons. The van der Waals surface area contributed by atoms with Crippen molar-refractivity contribution in [2.45, 2.75) is 51.5 Å². The second kappa shape index (κ2) is 6.22. The number of aromatic nitrogens is 5. The van der Waals surface area contributed by atoms with Crippen LogP contribution in [0.15, 0.2) is 24.4 Å². The topological polar surface area (TPSA) is 111 Å². The van der Waals surface area contributed by atoms with E-state index in [1.165, 1.54) is 0 Å². The summed E-state index contributed by atoms with van der Waals surface area (Å²) in [5, 5.41) is 24.9. The normalized spacial score (nSPS) is 20.1. The SMILES string of the molecule is CC(C)(C)c1cc(Nc2nc(N3CCC[C@@]3(C)C(=O)O)nn3cccc23)n[nH]1. The van der Waals surface area contributed by atoms with Crippen LogP contribution >= 0.6 is 0 Å². The summed E-state index contributed by atoms with van der Waals surface area (Å²) in [7, 11) is 0. The Morgan fingerprint density at radius 1 is 1.39 bits per heavy atom. The summed E-state index contributed by atoms with van der Waals surface area (Å²) in [5.74, 6) is 0.764. The number of carboxylic acid groups (broad SMARTS) is 1. The summed E-state index contributed by atoms with van der Waals surface area (Å²) in [4.78, 5) is 18.3. The third kappa shape index (κ3) is 2.96. The molecule has 0 aliphatic carbocycles. The largest absolute Gasteiger partial charge is 0.480 e. The summed E-state index contributed by atoms with van der Waals surface area (Å²) in [5.41, 5.74) is 0.741. The lowest BCUT2D eigenvalue weighted by Gasteiger charge is -2.31. The number of H-pyrrole nitrogens is 1. The monoisotopic (exact) mass is 383 g/mol. The highest BCUT2D eigenvalue weighted by molar-refractivity contribution is 5.83. The van der Waals surface area contributed by atoms with Crippen LogP contribution < -0.4 is 10.2 Å². The molecule has 0 bridgehead atoms. The fourth-order valence-corrected chi connectivity index (χ4v) is 3.53. The average Bonchev–Trinajstić information content (AvgIpc) is 3.33. The standard InChI is InChI=1S/C19H25N7O2/c1-18(2,3)13-11-14(23-22-13)20-15-12-7-5-10-26(12)24-17(21-15)25-9-6-8-19(25,4)16(27)28/h5,7,10-11H,6,8-9H2,1-4H3,(H,27,28)(H2,20,21,22,23,24)/t19-/m0/s1. The molecule has 1 atom stereocenters. The van der Waals surface area contributed by atoms with Crippen molar-refractivity contribution < 1.29 is 9.90 Å². The molecule has 1 fully saturated rings. The first-order chi connectivity index (χ1) is 13.2. The van der Waals surface area contributed by atoms with Crippen molar-refractivity contribution in [2.75, 3.05) is 16.8 Å². The molecule has 1 aliphatic rings. The van der Waals surface area contributed by atoms with E-state index in [2.05, 4.69) is 46.4 Å². The maximum absolute atomic E-state index is 11.9. The molecule has 1 saturated heterocycles. The molecule has 1 aliphatic heterocycles. The number of hydrogen-bond donors (Lipinski definition) is 3. The number of nitrogens with one attached hydrogen (secondary N) is 2. The van der Waals surface area contributed by atoms with Gasteiger partial charge in [-0.25, -0.2) is 9.31 Å². The Labute approximate surface area is 162 Å². The van der Waals surface area contributed by atoms with Gasteiger partial charge in [0.2, 0.25) is 5.95 Å². The van der Waals surface area contributed by atoms with Crippen LogP contribution in [0.1, 0.15) is 46.2 Å². The summed E-state index contributed by atoms with van der Waals surface area (Å²) in [6.07, 6.45) is 3.17. The first-order valence-electron chi connectivity index (χ1n) is 9.38. The summed E-state index contributed by atoms with van der Waals surface area (Å²) in [6.45, 7) is 8.66. The van der Waals surface area contributed by atoms with E-state index < -0.39 is 11.5 Å². The van der Waals surface area contributed by atoms with Crippen LogP contribution in [-0.2, 0) is 10.2 Å². The van der Waals surface area contributed by atoms with Crippen LogP contribution in [0.3, 0.4) is 0 Å². The number of aromatic amines is 1. The molecule has 3 aromatic rings. The van der Waals surface area contributed by atoms with Crippen LogP contribution in [0.25, 0.3) is 5.52 Å². The van der Waals surface area contributed by atoms with E-state index in [0.29, 0.717) is 30.5 Å². The molecule has 9 heteroatoms. The Bertz CT molecular complexity index is 1030. The minimum absolute atomic E-state index is 0.0486. The highest BCUT2D eigenvalue weighted by Gasteiger charge is 2.45. The predicted octanol–water partition coefficient (Wildman–Crippen LogP) is 2.94. The van der Waals surface area contributed by atoms with Gasteiger partial charge < -0.3 is 15.3 Å². The molecule has 0 aromatic carbocycles. The van der Waals surface area contributed by atoms with Gasteiger partial charge in [-0.2, -0.15) is 10.1 Å². The fraction of sp³-hybridized carbons (Fsp3) is 0.474. The van der Waals surface area contributed by atoms with Crippen LogP contribution in [0.4, 0.5) is 17.6 Å². The zero-order chi connectivity index (χ0) is 20.1. The van der Waals surface area contributed by atoms with Crippen molar-refractivity contribution in [2.24, 2.45) is 0 Å². The first-order valence-corrected chi connectivity index (χ1v) is 9.38. The number of anilines is 3. The molecule has 28 heavy (non-hydrogen) atoms. The van der Waals surface area contributed by atoms with Crippen molar-refractivity contribution in [1.29, 1.82) is 0 Å². The maximum atomic E-state index is 11.9. The number of fused-ring (bicyclic) bond motifs is 1. The Hall–Kier alpha value is -3.10. The number of carboxylic acids is 1. The van der Waals surface area contributed by atoms with Gasteiger partial charge in [-0.15, -0.1) is 5.10 Å². The lowest BCUT2D eigenvalue weighted by molar-refractivity contribution is -0.142. The van der Waals surface area contributed by atoms with Gasteiger partial charge in [-0.1, -0.05) is 20.8 Å². The molecule has 0 radical (unpaired) electrons. The minimum Gasteiger partial charge on any atom is -0.480 e. The fourth-order valence-electron chi connectivity index (χ4n) is 3.53. The van der Waals surface area contributed by atoms with Crippen LogP contribution in [-0.4, -0.2) is 48.0 Å². The van der Waals surface area contributed by atoms with Crippen molar-refractivity contribution >= 4 is 29.1 Å². The Balaban J connectivity index is 1.74. The highest BCUT2D eigenvalue weighted by atomic mass is 16.4. The number of nitrogens with zero attached hydrogens (tertiary/aromatic N) is 5. The molecule has 0 amide bonds. The van der Waals surface area contributed by atoms with Crippen molar-refractivity contribution in [3.63, 3.8) is 0 Å². The molecule has 4 heterocycles. The zero-order valence-corrected chi connectivity index (χ0v) is 16.5. The maximum Gasteiger partial charge on any atom is 0.329 e. The Kier molecular flexibility index (Phi) is 4.06. The highest BCUT2D eigenvalue weighted by Crippen LogP contribution is 2.34. The predicted molar refractivity (Wildman–Crippen MR) is 106 cm³/mol. The quantitative estimate of drug-likeness (QED) is 0.635. The van der Waals surface area contributed by atoms with Gasteiger partial charge in [0.1, 0.15) is 11.1 Å². The first kappa shape index (κ1) is 18.3. The van der Waals surface area contributed by atoms with Gasteiger partial charge in [0.05, 0.1) is 0 Å². The molecule has 0 saturated carbocycles. The lowest BCUT2D eigenvalue weighted by Crippen LogP contribution is -2.49. The molecule has 3 N–H and O–H groups in total. The summed E-state index contributed by atoms with van der Waals surface area (Å²) >= 11 is 0. The molecule has 0 spiro atoms. The molecule has 3 aromatic heterocycles. The third-order valence-corrected chi connectivity index (χ3v) is 5.36. The van der Waals surface area contributed by atoms with E-state index >= 15 is 0 Å². The Morgan fingerprint density at radius 2 is 2.18 bits per heavy atom. The average molecular weight is 383 g/mol. The molecular weight excluding hydrogens is 358 g/mol. The van der Waals surface area contributed by atoms with Crippen molar-refractivity contribution in [3.8, 4) is 0 Å². The van der Waals surface area contributed by atoms with Crippen LogP contribution in [0.2, 0.25) is 0 Å². The van der Waals surface area contributed by atoms with Crippen LogP contribution in [0, 0.1) is 0 Å².